The Morgan fingerprint density at radius 2 is 1.84 bits per heavy atom. The number of aliphatic imine (C=N–C) groups is 1. The molecular weight excluding hydrogens is 386 g/mol. The van der Waals surface area contributed by atoms with Crippen molar-refractivity contribution in [2.45, 2.75) is 58.0 Å². The van der Waals surface area contributed by atoms with Gasteiger partial charge >= 0.3 is 0 Å². The van der Waals surface area contributed by atoms with E-state index in [-0.39, 0.29) is 0 Å². The minimum atomic E-state index is 0.490. The predicted octanol–water partition coefficient (Wildman–Crippen LogP) is 4.91. The maximum absolute atomic E-state index is 5.14. The highest BCUT2D eigenvalue weighted by Crippen LogP contribution is 2.37. The van der Waals surface area contributed by atoms with Gasteiger partial charge in [-0.2, -0.15) is 5.21 Å². The van der Waals surface area contributed by atoms with E-state index in [1.165, 1.54) is 60.0 Å². The van der Waals surface area contributed by atoms with E-state index >= 15 is 0 Å². The van der Waals surface area contributed by atoms with E-state index in [1.54, 1.807) is 0 Å². The van der Waals surface area contributed by atoms with Crippen LogP contribution >= 0.6 is 0 Å². The van der Waals surface area contributed by atoms with Gasteiger partial charge in [-0.3, -0.25) is 4.99 Å². The summed E-state index contributed by atoms with van der Waals surface area (Å²) in [6.45, 7) is 2.90. The van der Waals surface area contributed by atoms with Gasteiger partial charge in [0.05, 0.1) is 17.6 Å². The molecule has 7 nitrogen and oxygen atoms in total. The fourth-order valence-corrected chi connectivity index (χ4v) is 5.07. The smallest absolute Gasteiger partial charge is 0.204 e. The first kappa shape index (κ1) is 18.4. The number of nitrogens with one attached hydrogen (secondary N) is 1. The van der Waals surface area contributed by atoms with Crippen LogP contribution in [0.5, 0.6) is 0 Å². The number of imidazole rings is 1. The van der Waals surface area contributed by atoms with E-state index in [2.05, 4.69) is 73.5 Å². The van der Waals surface area contributed by atoms with Crippen molar-refractivity contribution in [3.05, 3.63) is 47.5 Å². The highest BCUT2D eigenvalue weighted by atomic mass is 15.5. The standard InChI is InChI=1S/C24H25N7/c1-15-11-19-12-17(7-8-18(19)14-25-15)24-26-21-13-16(23-27-29-30-28-23)9-10-22(21)31(24)20-5-3-2-4-6-20/h7-10,12-13,20H,2-6,11,14H2,1H3,(H,27,28,29,30). The molecule has 0 spiro atoms. The third-order valence-electron chi connectivity index (χ3n) is 6.66. The Hall–Kier alpha value is -3.35. The number of tetrazole rings is 1. The Kier molecular flexibility index (Phi) is 4.40. The van der Waals surface area contributed by atoms with Gasteiger partial charge in [-0.15, -0.1) is 10.2 Å². The summed E-state index contributed by atoms with van der Waals surface area (Å²) in [5.41, 5.74) is 8.20. The van der Waals surface area contributed by atoms with Gasteiger partial charge in [-0.25, -0.2) is 4.98 Å². The third-order valence-corrected chi connectivity index (χ3v) is 6.66. The number of aromatic nitrogens is 6. The highest BCUT2D eigenvalue weighted by molar-refractivity contribution is 5.87. The first-order valence-corrected chi connectivity index (χ1v) is 11.1. The summed E-state index contributed by atoms with van der Waals surface area (Å²) in [5.74, 6) is 1.66. The van der Waals surface area contributed by atoms with Gasteiger partial charge in [-0.05, 0) is 60.4 Å². The van der Waals surface area contributed by atoms with Gasteiger partial charge in [0.2, 0.25) is 5.82 Å². The maximum Gasteiger partial charge on any atom is 0.204 e. The fourth-order valence-electron chi connectivity index (χ4n) is 5.07. The zero-order valence-corrected chi connectivity index (χ0v) is 17.7. The molecule has 7 heteroatoms. The normalized spacial score (nSPS) is 17.0. The topological polar surface area (TPSA) is 84.6 Å². The zero-order valence-electron chi connectivity index (χ0n) is 17.7. The summed E-state index contributed by atoms with van der Waals surface area (Å²) in [7, 11) is 0. The van der Waals surface area contributed by atoms with Crippen molar-refractivity contribution in [2.24, 2.45) is 4.99 Å². The lowest BCUT2D eigenvalue weighted by Crippen LogP contribution is -2.14. The van der Waals surface area contributed by atoms with Crippen LogP contribution in [0, 0.1) is 0 Å². The summed E-state index contributed by atoms with van der Waals surface area (Å²) in [4.78, 5) is 9.75. The summed E-state index contributed by atoms with van der Waals surface area (Å²) < 4.78 is 2.49. The van der Waals surface area contributed by atoms with Gasteiger partial charge in [0, 0.05) is 29.3 Å². The molecule has 2 aliphatic rings. The molecular formula is C24H25N7. The number of benzene rings is 2. The molecule has 0 saturated heterocycles. The Labute approximate surface area is 180 Å². The van der Waals surface area contributed by atoms with E-state index in [1.807, 2.05) is 0 Å². The summed E-state index contributed by atoms with van der Waals surface area (Å²) in [5, 5.41) is 14.5. The molecule has 1 saturated carbocycles. The molecule has 4 aromatic rings. The molecule has 1 aliphatic heterocycles. The van der Waals surface area contributed by atoms with Crippen LogP contribution in [0.3, 0.4) is 0 Å². The van der Waals surface area contributed by atoms with Crippen LogP contribution in [0.25, 0.3) is 33.8 Å². The number of H-pyrrole nitrogens is 1. The van der Waals surface area contributed by atoms with E-state index in [0.717, 1.165) is 29.9 Å². The average molecular weight is 412 g/mol. The lowest BCUT2D eigenvalue weighted by molar-refractivity contribution is 0.362. The number of hydrogen-bond acceptors (Lipinski definition) is 5. The maximum atomic E-state index is 5.14. The number of fused-ring (bicyclic) bond motifs is 2. The van der Waals surface area contributed by atoms with Gasteiger partial charge in [0.25, 0.3) is 0 Å². The second-order valence-electron chi connectivity index (χ2n) is 8.75. The Bertz CT molecular complexity index is 1280. The predicted molar refractivity (Wildman–Crippen MR) is 121 cm³/mol. The largest absolute Gasteiger partial charge is 0.321 e. The molecule has 0 atom stereocenters. The second kappa shape index (κ2) is 7.41. The molecule has 0 radical (unpaired) electrons. The van der Waals surface area contributed by atoms with Crippen molar-refractivity contribution in [3.8, 4) is 22.8 Å². The van der Waals surface area contributed by atoms with Crippen molar-refractivity contribution in [1.82, 2.24) is 30.2 Å². The Balaban J connectivity index is 1.51. The molecule has 2 aromatic carbocycles. The molecule has 1 fully saturated rings. The molecule has 0 amide bonds. The van der Waals surface area contributed by atoms with Gasteiger partial charge in [0.15, 0.2) is 0 Å². The van der Waals surface area contributed by atoms with Crippen molar-refractivity contribution in [2.75, 3.05) is 0 Å². The van der Waals surface area contributed by atoms with Crippen molar-refractivity contribution < 1.29 is 0 Å². The minimum Gasteiger partial charge on any atom is -0.321 e. The van der Waals surface area contributed by atoms with Crippen molar-refractivity contribution in [3.63, 3.8) is 0 Å². The molecule has 2 aromatic heterocycles. The number of nitrogens with zero attached hydrogens (tertiary/aromatic N) is 6. The van der Waals surface area contributed by atoms with Crippen LogP contribution in [0.1, 0.15) is 56.2 Å². The quantitative estimate of drug-likeness (QED) is 0.519. The van der Waals surface area contributed by atoms with Crippen LogP contribution in [-0.2, 0) is 13.0 Å². The van der Waals surface area contributed by atoms with Crippen molar-refractivity contribution in [1.29, 1.82) is 0 Å². The van der Waals surface area contributed by atoms with Gasteiger partial charge in [0.1, 0.15) is 5.82 Å². The summed E-state index contributed by atoms with van der Waals surface area (Å²) in [6.07, 6.45) is 7.24. The van der Waals surface area contributed by atoms with E-state index < -0.39 is 0 Å². The van der Waals surface area contributed by atoms with Crippen LogP contribution in [-0.4, -0.2) is 35.9 Å². The first-order valence-electron chi connectivity index (χ1n) is 11.1. The lowest BCUT2D eigenvalue weighted by atomic mass is 9.94. The first-order chi connectivity index (χ1) is 15.3. The molecule has 6 rings (SSSR count). The van der Waals surface area contributed by atoms with Crippen LogP contribution in [0.2, 0.25) is 0 Å². The molecule has 1 aliphatic carbocycles. The molecule has 1 N–H and O–H groups in total. The van der Waals surface area contributed by atoms with Crippen molar-refractivity contribution >= 4 is 16.7 Å². The van der Waals surface area contributed by atoms with Crippen LogP contribution < -0.4 is 0 Å². The molecule has 31 heavy (non-hydrogen) atoms. The lowest BCUT2D eigenvalue weighted by Gasteiger charge is -2.26. The summed E-state index contributed by atoms with van der Waals surface area (Å²) >= 11 is 0. The molecule has 0 unspecified atom stereocenters. The van der Waals surface area contributed by atoms with E-state index in [0.29, 0.717) is 11.9 Å². The molecule has 3 heterocycles. The second-order valence-corrected chi connectivity index (χ2v) is 8.75. The molecule has 156 valence electrons. The number of rotatable bonds is 3. The van der Waals surface area contributed by atoms with E-state index in [9.17, 15) is 0 Å². The van der Waals surface area contributed by atoms with Crippen LogP contribution in [0.15, 0.2) is 41.4 Å². The Morgan fingerprint density at radius 3 is 2.68 bits per heavy atom. The minimum absolute atomic E-state index is 0.490. The third kappa shape index (κ3) is 3.24. The van der Waals surface area contributed by atoms with Gasteiger partial charge < -0.3 is 4.57 Å². The van der Waals surface area contributed by atoms with Gasteiger partial charge in [-0.1, -0.05) is 31.4 Å². The molecule has 0 bridgehead atoms. The number of aromatic amines is 1. The van der Waals surface area contributed by atoms with E-state index in [4.69, 9.17) is 4.98 Å². The summed E-state index contributed by atoms with van der Waals surface area (Å²) in [6, 6.07) is 13.6. The number of hydrogen-bond donors (Lipinski definition) is 1. The fraction of sp³-hybridized carbons (Fsp3) is 0.375. The highest BCUT2D eigenvalue weighted by Gasteiger charge is 2.23. The SMILES string of the molecule is CC1=NCc2ccc(-c3nc4cc(-c5nn[nH]n5)ccc4n3C3CCCCC3)cc2C1. The monoisotopic (exact) mass is 411 g/mol. The van der Waals surface area contributed by atoms with Crippen LogP contribution in [0.4, 0.5) is 0 Å². The zero-order chi connectivity index (χ0) is 20.8. The average Bonchev–Trinajstić information content (AvgIpc) is 3.47. The Morgan fingerprint density at radius 1 is 0.968 bits per heavy atom.